The summed E-state index contributed by atoms with van der Waals surface area (Å²) in [5.41, 5.74) is 0. The average molecular weight is 165 g/mol. The number of hydrogen-bond acceptors (Lipinski definition) is 2. The van der Waals surface area contributed by atoms with Crippen LogP contribution in [0.3, 0.4) is 0 Å². The maximum absolute atomic E-state index is 12.9. The van der Waals surface area contributed by atoms with Gasteiger partial charge in [0.1, 0.15) is 0 Å². The number of hydrogen-bond donors (Lipinski definition) is 0. The molecule has 0 aromatic heterocycles. The Morgan fingerprint density at radius 1 is 1.64 bits per heavy atom. The number of likely N-dealkylation sites (N-methyl/N-ethyl adjacent to an activating group) is 1. The van der Waals surface area contributed by atoms with E-state index in [0.717, 1.165) is 0 Å². The van der Waals surface area contributed by atoms with Gasteiger partial charge in [0, 0.05) is 20.1 Å². The number of halogens is 2. The highest BCUT2D eigenvalue weighted by atomic mass is 19.3. The molecular formula is C7H13F2NO. The Morgan fingerprint density at radius 3 is 2.64 bits per heavy atom. The first-order valence-electron chi connectivity index (χ1n) is 3.65. The Hall–Kier alpha value is -0.220. The standard InChI is InChI=1S/C7H13F2NO/c1-10-4-3-7(8,9)6(10)5-11-2/h6H,3-5H2,1-2H3/t6-/m1/s1. The molecule has 66 valence electrons. The molecule has 0 saturated carbocycles. The van der Waals surface area contributed by atoms with Crippen LogP contribution in [0.15, 0.2) is 0 Å². The van der Waals surface area contributed by atoms with Crippen molar-refractivity contribution in [3.63, 3.8) is 0 Å². The number of nitrogens with zero attached hydrogens (tertiary/aromatic N) is 1. The Labute approximate surface area is 65.1 Å². The van der Waals surface area contributed by atoms with E-state index in [4.69, 9.17) is 4.74 Å². The summed E-state index contributed by atoms with van der Waals surface area (Å²) in [6.07, 6.45) is -0.0441. The fraction of sp³-hybridized carbons (Fsp3) is 1.00. The molecular weight excluding hydrogens is 152 g/mol. The van der Waals surface area contributed by atoms with Crippen LogP contribution in [0.2, 0.25) is 0 Å². The van der Waals surface area contributed by atoms with E-state index in [9.17, 15) is 8.78 Å². The van der Waals surface area contributed by atoms with E-state index in [2.05, 4.69) is 0 Å². The summed E-state index contributed by atoms with van der Waals surface area (Å²) in [6.45, 7) is 0.574. The van der Waals surface area contributed by atoms with Gasteiger partial charge >= 0.3 is 0 Å². The normalized spacial score (nSPS) is 31.1. The van der Waals surface area contributed by atoms with Crippen molar-refractivity contribution in [1.29, 1.82) is 0 Å². The Kier molecular flexibility index (Phi) is 2.44. The topological polar surface area (TPSA) is 12.5 Å². The molecule has 1 rings (SSSR count). The molecule has 0 aromatic carbocycles. The van der Waals surface area contributed by atoms with Crippen molar-refractivity contribution >= 4 is 0 Å². The maximum atomic E-state index is 12.9. The zero-order valence-electron chi connectivity index (χ0n) is 6.81. The Bertz CT molecular complexity index is 140. The minimum absolute atomic E-state index is 0.0441. The van der Waals surface area contributed by atoms with Gasteiger partial charge in [0.2, 0.25) is 0 Å². The van der Waals surface area contributed by atoms with Gasteiger partial charge < -0.3 is 4.74 Å². The molecule has 0 aromatic rings. The average Bonchev–Trinajstić information content (AvgIpc) is 2.16. The number of ether oxygens (including phenoxy) is 1. The van der Waals surface area contributed by atoms with Gasteiger partial charge in [-0.3, -0.25) is 4.90 Å². The highest BCUT2D eigenvalue weighted by Gasteiger charge is 2.47. The van der Waals surface area contributed by atoms with Gasteiger partial charge in [-0.05, 0) is 7.05 Å². The van der Waals surface area contributed by atoms with E-state index in [1.807, 2.05) is 0 Å². The lowest BCUT2D eigenvalue weighted by Gasteiger charge is -2.23. The molecule has 0 N–H and O–H groups in total. The first-order chi connectivity index (χ1) is 5.08. The van der Waals surface area contributed by atoms with E-state index in [-0.39, 0.29) is 13.0 Å². The Balaban J connectivity index is 2.57. The summed E-state index contributed by atoms with van der Waals surface area (Å²) < 4.78 is 30.6. The monoisotopic (exact) mass is 165 g/mol. The van der Waals surface area contributed by atoms with Crippen LogP contribution in [0.5, 0.6) is 0 Å². The zero-order valence-corrected chi connectivity index (χ0v) is 6.81. The third kappa shape index (κ3) is 1.68. The van der Waals surface area contributed by atoms with Gasteiger partial charge in [0.25, 0.3) is 5.92 Å². The highest BCUT2D eigenvalue weighted by Crippen LogP contribution is 2.32. The van der Waals surface area contributed by atoms with Crippen molar-refractivity contribution in [1.82, 2.24) is 4.90 Å². The molecule has 1 heterocycles. The van der Waals surface area contributed by atoms with Gasteiger partial charge in [0.15, 0.2) is 0 Å². The lowest BCUT2D eigenvalue weighted by atomic mass is 10.2. The second-order valence-corrected chi connectivity index (χ2v) is 2.96. The van der Waals surface area contributed by atoms with Crippen molar-refractivity contribution in [2.24, 2.45) is 0 Å². The number of methoxy groups -OCH3 is 1. The predicted molar refractivity (Wildman–Crippen MR) is 37.9 cm³/mol. The lowest BCUT2D eigenvalue weighted by Crippen LogP contribution is -2.40. The smallest absolute Gasteiger partial charge is 0.266 e. The van der Waals surface area contributed by atoms with Crippen molar-refractivity contribution in [2.45, 2.75) is 18.4 Å². The minimum Gasteiger partial charge on any atom is -0.383 e. The van der Waals surface area contributed by atoms with E-state index in [0.29, 0.717) is 6.54 Å². The third-order valence-corrected chi connectivity index (χ3v) is 2.14. The van der Waals surface area contributed by atoms with Gasteiger partial charge in [-0.25, -0.2) is 8.78 Å². The van der Waals surface area contributed by atoms with Crippen molar-refractivity contribution in [3.05, 3.63) is 0 Å². The van der Waals surface area contributed by atoms with Gasteiger partial charge in [-0.2, -0.15) is 0 Å². The summed E-state index contributed by atoms with van der Waals surface area (Å²) in [4.78, 5) is 1.64. The largest absolute Gasteiger partial charge is 0.383 e. The second kappa shape index (κ2) is 3.03. The van der Waals surface area contributed by atoms with Crippen LogP contribution in [-0.4, -0.2) is 44.2 Å². The van der Waals surface area contributed by atoms with Gasteiger partial charge in [-0.15, -0.1) is 0 Å². The molecule has 11 heavy (non-hydrogen) atoms. The molecule has 0 spiro atoms. The van der Waals surface area contributed by atoms with E-state index in [1.165, 1.54) is 7.11 Å². The number of rotatable bonds is 2. The molecule has 0 radical (unpaired) electrons. The third-order valence-electron chi connectivity index (χ3n) is 2.14. The molecule has 1 atom stereocenters. The summed E-state index contributed by atoms with van der Waals surface area (Å²) in [5.74, 6) is -2.56. The van der Waals surface area contributed by atoms with Crippen LogP contribution in [0.25, 0.3) is 0 Å². The Morgan fingerprint density at radius 2 is 2.27 bits per heavy atom. The first kappa shape index (κ1) is 8.87. The van der Waals surface area contributed by atoms with Crippen molar-refractivity contribution < 1.29 is 13.5 Å². The second-order valence-electron chi connectivity index (χ2n) is 2.96. The van der Waals surface area contributed by atoms with Gasteiger partial charge in [-0.1, -0.05) is 0 Å². The lowest BCUT2D eigenvalue weighted by molar-refractivity contribution is -0.0536. The molecule has 1 aliphatic heterocycles. The summed E-state index contributed by atoms with van der Waals surface area (Å²) >= 11 is 0. The molecule has 0 amide bonds. The van der Waals surface area contributed by atoms with Crippen molar-refractivity contribution in [2.75, 3.05) is 27.3 Å². The molecule has 0 unspecified atom stereocenters. The number of alkyl halides is 2. The van der Waals surface area contributed by atoms with Crippen LogP contribution in [0.4, 0.5) is 8.78 Å². The summed E-state index contributed by atoms with van der Waals surface area (Å²) in [7, 11) is 3.15. The molecule has 0 aliphatic carbocycles. The van der Waals surface area contributed by atoms with Crippen LogP contribution in [0, 0.1) is 0 Å². The molecule has 2 nitrogen and oxygen atoms in total. The van der Waals surface area contributed by atoms with E-state index < -0.39 is 12.0 Å². The number of likely N-dealkylation sites (tertiary alicyclic amines) is 1. The van der Waals surface area contributed by atoms with E-state index in [1.54, 1.807) is 11.9 Å². The fourth-order valence-electron chi connectivity index (χ4n) is 1.38. The summed E-state index contributed by atoms with van der Waals surface area (Å²) in [6, 6.07) is -0.729. The van der Waals surface area contributed by atoms with Crippen molar-refractivity contribution in [3.8, 4) is 0 Å². The fourth-order valence-corrected chi connectivity index (χ4v) is 1.38. The van der Waals surface area contributed by atoms with Crippen LogP contribution < -0.4 is 0 Å². The maximum Gasteiger partial charge on any atom is 0.266 e. The van der Waals surface area contributed by atoms with Crippen LogP contribution in [-0.2, 0) is 4.74 Å². The minimum atomic E-state index is -2.56. The predicted octanol–water partition coefficient (Wildman–Crippen LogP) is 0.972. The van der Waals surface area contributed by atoms with Crippen LogP contribution in [0.1, 0.15) is 6.42 Å². The molecule has 1 saturated heterocycles. The molecule has 0 bridgehead atoms. The SMILES string of the molecule is COC[C@H]1N(C)CCC1(F)F. The molecule has 1 aliphatic rings. The zero-order chi connectivity index (χ0) is 8.48. The first-order valence-corrected chi connectivity index (χ1v) is 3.65. The quantitative estimate of drug-likeness (QED) is 0.604. The molecule has 4 heteroatoms. The highest BCUT2D eigenvalue weighted by molar-refractivity contribution is 4.91. The summed E-state index contributed by atoms with van der Waals surface area (Å²) in [5, 5.41) is 0. The van der Waals surface area contributed by atoms with Gasteiger partial charge in [0.05, 0.1) is 12.6 Å². The van der Waals surface area contributed by atoms with E-state index >= 15 is 0 Å². The molecule has 1 fully saturated rings. The van der Waals surface area contributed by atoms with Crippen LogP contribution >= 0.6 is 0 Å².